The lowest BCUT2D eigenvalue weighted by atomic mass is 10.2. The maximum atomic E-state index is 11.5. The summed E-state index contributed by atoms with van der Waals surface area (Å²) in [6, 6.07) is -0.396. The first-order chi connectivity index (χ1) is 9.65. The van der Waals surface area contributed by atoms with Crippen molar-refractivity contribution in [2.75, 3.05) is 13.2 Å². The predicted octanol–water partition coefficient (Wildman–Crippen LogP) is 0.477. The number of hydrogen-bond donors (Lipinski definition) is 2. The van der Waals surface area contributed by atoms with Gasteiger partial charge in [-0.1, -0.05) is 12.8 Å². The molecule has 7 heteroatoms. The SMILES string of the molecule is O=C(COC(=O)[C@H]1CCCO1)NC(=O)NC1CCCC1. The number of urea groups is 1. The number of rotatable bonds is 4. The summed E-state index contributed by atoms with van der Waals surface area (Å²) in [5, 5.41) is 4.86. The van der Waals surface area contributed by atoms with Crippen LogP contribution in [0.15, 0.2) is 0 Å². The summed E-state index contributed by atoms with van der Waals surface area (Å²) in [5.41, 5.74) is 0. The highest BCUT2D eigenvalue weighted by atomic mass is 16.6. The van der Waals surface area contributed by atoms with E-state index in [1.54, 1.807) is 0 Å². The van der Waals surface area contributed by atoms with Gasteiger partial charge in [0, 0.05) is 12.6 Å². The number of amides is 3. The fraction of sp³-hybridized carbons (Fsp3) is 0.769. The first-order valence-electron chi connectivity index (χ1n) is 7.04. The Kier molecular flexibility index (Phi) is 5.34. The largest absolute Gasteiger partial charge is 0.454 e. The lowest BCUT2D eigenvalue weighted by molar-refractivity contribution is -0.157. The highest BCUT2D eigenvalue weighted by molar-refractivity contribution is 5.95. The van der Waals surface area contributed by atoms with E-state index < -0.39 is 30.6 Å². The molecular formula is C13H20N2O5. The summed E-state index contributed by atoms with van der Waals surface area (Å²) in [6.07, 6.45) is 4.93. The summed E-state index contributed by atoms with van der Waals surface area (Å²) in [6.45, 7) is 0.0759. The zero-order valence-corrected chi connectivity index (χ0v) is 11.4. The summed E-state index contributed by atoms with van der Waals surface area (Å²) in [4.78, 5) is 34.4. The van der Waals surface area contributed by atoms with Crippen LogP contribution in [0.1, 0.15) is 38.5 Å². The molecule has 0 spiro atoms. The van der Waals surface area contributed by atoms with Crippen LogP contribution in [-0.2, 0) is 19.1 Å². The van der Waals surface area contributed by atoms with Gasteiger partial charge in [-0.15, -0.1) is 0 Å². The summed E-state index contributed by atoms with van der Waals surface area (Å²) < 4.78 is 9.93. The van der Waals surface area contributed by atoms with Crippen molar-refractivity contribution < 1.29 is 23.9 Å². The van der Waals surface area contributed by atoms with Crippen molar-refractivity contribution in [2.24, 2.45) is 0 Å². The van der Waals surface area contributed by atoms with Gasteiger partial charge in [0.15, 0.2) is 12.7 Å². The summed E-state index contributed by atoms with van der Waals surface area (Å²) >= 11 is 0. The van der Waals surface area contributed by atoms with Gasteiger partial charge in [-0.3, -0.25) is 10.1 Å². The van der Waals surface area contributed by atoms with E-state index in [0.29, 0.717) is 13.0 Å². The Morgan fingerprint density at radius 1 is 1.10 bits per heavy atom. The minimum atomic E-state index is -0.633. The molecule has 7 nitrogen and oxygen atoms in total. The highest BCUT2D eigenvalue weighted by Crippen LogP contribution is 2.17. The molecule has 1 aliphatic carbocycles. The van der Waals surface area contributed by atoms with Crippen LogP contribution in [0.25, 0.3) is 0 Å². The van der Waals surface area contributed by atoms with E-state index in [9.17, 15) is 14.4 Å². The van der Waals surface area contributed by atoms with Gasteiger partial charge in [-0.25, -0.2) is 9.59 Å². The van der Waals surface area contributed by atoms with Crippen LogP contribution in [0.5, 0.6) is 0 Å². The number of carbonyl (C=O) groups is 3. The second kappa shape index (κ2) is 7.23. The molecule has 2 N–H and O–H groups in total. The summed E-state index contributed by atoms with van der Waals surface area (Å²) in [5.74, 6) is -1.18. The predicted molar refractivity (Wildman–Crippen MR) is 68.9 cm³/mol. The van der Waals surface area contributed by atoms with Gasteiger partial charge in [-0.05, 0) is 25.7 Å². The summed E-state index contributed by atoms with van der Waals surface area (Å²) in [7, 11) is 0. The molecule has 1 saturated heterocycles. The minimum absolute atomic E-state index is 0.136. The van der Waals surface area contributed by atoms with E-state index in [2.05, 4.69) is 10.6 Å². The van der Waals surface area contributed by atoms with E-state index in [1.165, 1.54) is 0 Å². The molecule has 0 aromatic rings. The molecule has 1 saturated carbocycles. The third kappa shape index (κ3) is 4.48. The Morgan fingerprint density at radius 3 is 2.50 bits per heavy atom. The van der Waals surface area contributed by atoms with Gasteiger partial charge in [0.2, 0.25) is 0 Å². The second-order valence-corrected chi connectivity index (χ2v) is 5.11. The van der Waals surface area contributed by atoms with Gasteiger partial charge >= 0.3 is 12.0 Å². The normalized spacial score (nSPS) is 22.5. The first-order valence-corrected chi connectivity index (χ1v) is 7.04. The molecule has 0 unspecified atom stereocenters. The molecule has 1 heterocycles. The molecule has 0 radical (unpaired) electrons. The lowest BCUT2D eigenvalue weighted by Crippen LogP contribution is -2.45. The fourth-order valence-electron chi connectivity index (χ4n) is 2.45. The molecule has 3 amide bonds. The molecule has 2 fully saturated rings. The van der Waals surface area contributed by atoms with Crippen molar-refractivity contribution in [3.8, 4) is 0 Å². The van der Waals surface area contributed by atoms with Crippen molar-refractivity contribution in [3.05, 3.63) is 0 Å². The molecule has 2 rings (SSSR count). The first kappa shape index (κ1) is 14.8. The Balaban J connectivity index is 1.61. The molecule has 1 atom stereocenters. The van der Waals surface area contributed by atoms with Crippen molar-refractivity contribution in [1.29, 1.82) is 0 Å². The van der Waals surface area contributed by atoms with Crippen molar-refractivity contribution in [1.82, 2.24) is 10.6 Å². The van der Waals surface area contributed by atoms with E-state index in [1.807, 2.05) is 0 Å². The quantitative estimate of drug-likeness (QED) is 0.732. The van der Waals surface area contributed by atoms with E-state index >= 15 is 0 Å². The third-order valence-corrected chi connectivity index (χ3v) is 3.48. The molecular weight excluding hydrogens is 264 g/mol. The Morgan fingerprint density at radius 2 is 1.85 bits per heavy atom. The van der Waals surface area contributed by atoms with Crippen molar-refractivity contribution >= 4 is 17.9 Å². The maximum absolute atomic E-state index is 11.5. The zero-order chi connectivity index (χ0) is 14.4. The standard InChI is InChI=1S/C13H20N2O5/c16-11(8-20-12(17)10-6-3-7-19-10)15-13(18)14-9-4-1-2-5-9/h9-10H,1-8H2,(H2,14,15,16,18)/t10-/m1/s1. The minimum Gasteiger partial charge on any atom is -0.454 e. The average Bonchev–Trinajstić information content (AvgIpc) is 3.08. The van der Waals surface area contributed by atoms with Crippen LogP contribution in [0.4, 0.5) is 4.79 Å². The number of esters is 1. The molecule has 0 bridgehead atoms. The van der Waals surface area contributed by atoms with Crippen LogP contribution in [0.2, 0.25) is 0 Å². The Bertz CT molecular complexity index is 373. The van der Waals surface area contributed by atoms with Gasteiger partial charge in [0.1, 0.15) is 0 Å². The monoisotopic (exact) mass is 284 g/mol. The number of ether oxygens (including phenoxy) is 2. The molecule has 0 aromatic heterocycles. The molecule has 112 valence electrons. The molecule has 1 aliphatic heterocycles. The molecule has 2 aliphatic rings. The number of imide groups is 1. The van der Waals surface area contributed by atoms with Crippen LogP contribution in [-0.4, -0.2) is 43.3 Å². The van der Waals surface area contributed by atoms with E-state index in [4.69, 9.17) is 9.47 Å². The average molecular weight is 284 g/mol. The van der Waals surface area contributed by atoms with Crippen LogP contribution < -0.4 is 10.6 Å². The Hall–Kier alpha value is -1.63. The second-order valence-electron chi connectivity index (χ2n) is 5.11. The zero-order valence-electron chi connectivity index (χ0n) is 11.4. The van der Waals surface area contributed by atoms with Crippen molar-refractivity contribution in [3.63, 3.8) is 0 Å². The number of hydrogen-bond acceptors (Lipinski definition) is 5. The van der Waals surface area contributed by atoms with Gasteiger partial charge < -0.3 is 14.8 Å². The third-order valence-electron chi connectivity index (χ3n) is 3.48. The topological polar surface area (TPSA) is 93.7 Å². The van der Waals surface area contributed by atoms with Crippen LogP contribution >= 0.6 is 0 Å². The number of nitrogens with one attached hydrogen (secondary N) is 2. The maximum Gasteiger partial charge on any atom is 0.335 e. The van der Waals surface area contributed by atoms with E-state index in [0.717, 1.165) is 32.1 Å². The Labute approximate surface area is 117 Å². The smallest absolute Gasteiger partial charge is 0.335 e. The lowest BCUT2D eigenvalue weighted by Gasteiger charge is -2.13. The fourth-order valence-corrected chi connectivity index (χ4v) is 2.45. The van der Waals surface area contributed by atoms with Crippen molar-refractivity contribution in [2.45, 2.75) is 50.7 Å². The van der Waals surface area contributed by atoms with Gasteiger partial charge in [0.05, 0.1) is 0 Å². The van der Waals surface area contributed by atoms with Crippen LogP contribution in [0, 0.1) is 0 Å². The van der Waals surface area contributed by atoms with E-state index in [-0.39, 0.29) is 6.04 Å². The highest BCUT2D eigenvalue weighted by Gasteiger charge is 2.26. The van der Waals surface area contributed by atoms with Gasteiger partial charge in [-0.2, -0.15) is 0 Å². The number of carbonyl (C=O) groups excluding carboxylic acids is 3. The molecule has 0 aromatic carbocycles. The van der Waals surface area contributed by atoms with Gasteiger partial charge in [0.25, 0.3) is 5.91 Å². The van der Waals surface area contributed by atoms with Crippen LogP contribution in [0.3, 0.4) is 0 Å². The molecule has 20 heavy (non-hydrogen) atoms.